The maximum absolute atomic E-state index is 12.3. The molecule has 46 heavy (non-hydrogen) atoms. The van der Waals surface area contributed by atoms with Crippen LogP contribution in [0.1, 0.15) is 233 Å². The standard InChI is InChI=1S/C40H78O6/c1-4-7-9-11-13-15-17-19-21-23-25-27-29-31-33-35-38(41)45-37(6-3)40(43,44)46-39(42)36-34-32-30-28-26-24-22-20-18-16-14-12-10-8-5-2/h37,43-44H,4-36H2,1-3H3. The van der Waals surface area contributed by atoms with Crippen LogP contribution in [-0.4, -0.2) is 34.2 Å². The van der Waals surface area contributed by atoms with Crippen molar-refractivity contribution in [1.82, 2.24) is 0 Å². The van der Waals surface area contributed by atoms with Gasteiger partial charge in [0, 0.05) is 12.8 Å². The molecule has 0 spiro atoms. The maximum atomic E-state index is 12.3. The van der Waals surface area contributed by atoms with Crippen molar-refractivity contribution in [2.75, 3.05) is 0 Å². The Balaban J connectivity index is 3.75. The zero-order valence-corrected chi connectivity index (χ0v) is 30.9. The summed E-state index contributed by atoms with van der Waals surface area (Å²) in [5.41, 5.74) is 0. The van der Waals surface area contributed by atoms with Crippen LogP contribution in [0.5, 0.6) is 0 Å². The van der Waals surface area contributed by atoms with Gasteiger partial charge in [-0.3, -0.25) is 9.59 Å². The molecule has 0 heterocycles. The van der Waals surface area contributed by atoms with Gasteiger partial charge in [0.25, 0.3) is 0 Å². The molecule has 0 aromatic heterocycles. The summed E-state index contributed by atoms with van der Waals surface area (Å²) in [7, 11) is 0. The Bertz CT molecular complexity index is 664. The number of esters is 2. The highest BCUT2D eigenvalue weighted by Crippen LogP contribution is 2.20. The summed E-state index contributed by atoms with van der Waals surface area (Å²) in [6, 6.07) is 0. The second-order valence-corrected chi connectivity index (χ2v) is 13.9. The summed E-state index contributed by atoms with van der Waals surface area (Å²) in [4.78, 5) is 24.6. The molecule has 0 aromatic rings. The first-order valence-corrected chi connectivity index (χ1v) is 20.2. The number of unbranched alkanes of at least 4 members (excludes halogenated alkanes) is 28. The predicted octanol–water partition coefficient (Wildman–Crippen LogP) is 12.0. The summed E-state index contributed by atoms with van der Waals surface area (Å²) in [6.07, 6.45) is 36.6. The van der Waals surface area contributed by atoms with E-state index in [4.69, 9.17) is 9.47 Å². The Labute approximate surface area is 285 Å². The zero-order valence-electron chi connectivity index (χ0n) is 30.9. The van der Waals surface area contributed by atoms with Crippen molar-refractivity contribution < 1.29 is 29.3 Å². The molecule has 0 aliphatic heterocycles. The van der Waals surface area contributed by atoms with E-state index >= 15 is 0 Å². The Kier molecular flexibility index (Phi) is 32.9. The fourth-order valence-corrected chi connectivity index (χ4v) is 6.21. The van der Waals surface area contributed by atoms with Gasteiger partial charge in [0.05, 0.1) is 0 Å². The van der Waals surface area contributed by atoms with Crippen LogP contribution in [0.15, 0.2) is 0 Å². The molecule has 0 radical (unpaired) electrons. The van der Waals surface area contributed by atoms with Crippen LogP contribution in [0.4, 0.5) is 0 Å². The minimum Gasteiger partial charge on any atom is -0.452 e. The minimum absolute atomic E-state index is 0.130. The van der Waals surface area contributed by atoms with Crippen molar-refractivity contribution in [2.24, 2.45) is 0 Å². The first-order valence-electron chi connectivity index (χ1n) is 20.2. The number of carbonyl (C=O) groups excluding carboxylic acids is 2. The molecule has 274 valence electrons. The van der Waals surface area contributed by atoms with Gasteiger partial charge in [0.1, 0.15) is 0 Å². The van der Waals surface area contributed by atoms with Crippen molar-refractivity contribution in [3.05, 3.63) is 0 Å². The van der Waals surface area contributed by atoms with Crippen molar-refractivity contribution in [3.8, 4) is 0 Å². The lowest BCUT2D eigenvalue weighted by molar-refractivity contribution is -0.359. The van der Waals surface area contributed by atoms with Gasteiger partial charge in [0.15, 0.2) is 6.10 Å². The molecule has 0 bridgehead atoms. The van der Waals surface area contributed by atoms with Gasteiger partial charge in [-0.25, -0.2) is 0 Å². The number of hydrogen-bond acceptors (Lipinski definition) is 6. The molecule has 0 saturated heterocycles. The van der Waals surface area contributed by atoms with Crippen molar-refractivity contribution in [1.29, 1.82) is 0 Å². The number of hydrogen-bond donors (Lipinski definition) is 2. The lowest BCUT2D eigenvalue weighted by atomic mass is 10.0. The van der Waals surface area contributed by atoms with E-state index in [9.17, 15) is 19.8 Å². The fourth-order valence-electron chi connectivity index (χ4n) is 6.21. The predicted molar refractivity (Wildman–Crippen MR) is 193 cm³/mol. The number of ether oxygens (including phenoxy) is 2. The highest BCUT2D eigenvalue weighted by Gasteiger charge is 2.40. The van der Waals surface area contributed by atoms with E-state index in [-0.39, 0.29) is 19.3 Å². The Hall–Kier alpha value is -1.14. The largest absolute Gasteiger partial charge is 0.452 e. The van der Waals surface area contributed by atoms with E-state index < -0.39 is 24.0 Å². The zero-order chi connectivity index (χ0) is 34.0. The second kappa shape index (κ2) is 33.7. The smallest absolute Gasteiger partial charge is 0.363 e. The molecule has 0 fully saturated rings. The molecule has 1 atom stereocenters. The molecule has 0 saturated carbocycles. The molecule has 1 unspecified atom stereocenters. The van der Waals surface area contributed by atoms with Gasteiger partial charge in [-0.1, -0.05) is 201 Å². The van der Waals surface area contributed by atoms with Crippen molar-refractivity contribution in [2.45, 2.75) is 245 Å². The third-order valence-corrected chi connectivity index (χ3v) is 9.30. The molecule has 6 heteroatoms. The van der Waals surface area contributed by atoms with Crippen LogP contribution < -0.4 is 0 Å². The van der Waals surface area contributed by atoms with Gasteiger partial charge in [-0.05, 0) is 19.3 Å². The minimum atomic E-state index is -2.80. The monoisotopic (exact) mass is 655 g/mol. The van der Waals surface area contributed by atoms with Crippen LogP contribution in [0.3, 0.4) is 0 Å². The maximum Gasteiger partial charge on any atom is 0.363 e. The van der Waals surface area contributed by atoms with E-state index in [0.717, 1.165) is 32.1 Å². The average Bonchev–Trinajstić information content (AvgIpc) is 3.03. The first kappa shape index (κ1) is 44.9. The van der Waals surface area contributed by atoms with E-state index in [1.165, 1.54) is 154 Å². The molecule has 0 aliphatic rings. The van der Waals surface area contributed by atoms with E-state index in [2.05, 4.69) is 13.8 Å². The molecular weight excluding hydrogens is 576 g/mol. The summed E-state index contributed by atoms with van der Waals surface area (Å²) in [6.45, 7) is 6.20. The second-order valence-electron chi connectivity index (χ2n) is 13.9. The summed E-state index contributed by atoms with van der Waals surface area (Å²) >= 11 is 0. The van der Waals surface area contributed by atoms with Crippen LogP contribution in [-0.2, 0) is 19.1 Å². The Morgan fingerprint density at radius 3 is 0.978 bits per heavy atom. The average molecular weight is 655 g/mol. The van der Waals surface area contributed by atoms with Gasteiger partial charge in [-0.15, -0.1) is 0 Å². The van der Waals surface area contributed by atoms with E-state index in [0.29, 0.717) is 6.42 Å². The number of carbonyl (C=O) groups is 2. The highest BCUT2D eigenvalue weighted by atomic mass is 16.8. The third kappa shape index (κ3) is 30.2. The molecule has 0 aromatic carbocycles. The normalized spacial score (nSPS) is 12.4. The van der Waals surface area contributed by atoms with Gasteiger partial charge in [-0.2, -0.15) is 0 Å². The lowest BCUT2D eigenvalue weighted by Crippen LogP contribution is -2.48. The van der Waals surface area contributed by atoms with Crippen LogP contribution in [0.2, 0.25) is 0 Å². The van der Waals surface area contributed by atoms with Gasteiger partial charge >= 0.3 is 17.9 Å². The fraction of sp³-hybridized carbons (Fsp3) is 0.950. The first-order chi connectivity index (χ1) is 22.4. The summed E-state index contributed by atoms with van der Waals surface area (Å²) in [5, 5.41) is 20.7. The SMILES string of the molecule is CCCCCCCCCCCCCCCCCC(=O)OC(CC)C(O)(O)OC(=O)CCCCCCCCCCCCCCCCC. The molecule has 0 rings (SSSR count). The van der Waals surface area contributed by atoms with E-state index in [1.54, 1.807) is 6.92 Å². The lowest BCUT2D eigenvalue weighted by Gasteiger charge is -2.29. The van der Waals surface area contributed by atoms with E-state index in [1.807, 2.05) is 0 Å². The van der Waals surface area contributed by atoms with Crippen LogP contribution in [0, 0.1) is 0 Å². The van der Waals surface area contributed by atoms with Crippen molar-refractivity contribution >= 4 is 11.9 Å². The van der Waals surface area contributed by atoms with Gasteiger partial charge in [0.2, 0.25) is 0 Å². The summed E-state index contributed by atoms with van der Waals surface area (Å²) in [5.74, 6) is -3.95. The molecule has 0 aliphatic carbocycles. The highest BCUT2D eigenvalue weighted by molar-refractivity contribution is 5.70. The van der Waals surface area contributed by atoms with Gasteiger partial charge < -0.3 is 19.7 Å². The number of rotatable bonds is 36. The van der Waals surface area contributed by atoms with Crippen molar-refractivity contribution in [3.63, 3.8) is 0 Å². The van der Waals surface area contributed by atoms with Crippen LogP contribution >= 0.6 is 0 Å². The number of aliphatic hydroxyl groups is 2. The topological polar surface area (TPSA) is 93.1 Å². The molecular formula is C40H78O6. The summed E-state index contributed by atoms with van der Waals surface area (Å²) < 4.78 is 10.2. The quantitative estimate of drug-likeness (QED) is 0.0397. The Morgan fingerprint density at radius 1 is 0.435 bits per heavy atom. The third-order valence-electron chi connectivity index (χ3n) is 9.30. The van der Waals surface area contributed by atoms with Crippen LogP contribution in [0.25, 0.3) is 0 Å². The Morgan fingerprint density at radius 2 is 0.696 bits per heavy atom. The molecule has 2 N–H and O–H groups in total. The molecule has 6 nitrogen and oxygen atoms in total. The molecule has 0 amide bonds.